The molecule has 0 bridgehead atoms. The van der Waals surface area contributed by atoms with Crippen LogP contribution in [0, 0.1) is 18.8 Å². The van der Waals surface area contributed by atoms with Gasteiger partial charge in [-0.1, -0.05) is 11.8 Å². The fraction of sp³-hybridized carbons (Fsp3) is 0.375. The van der Waals surface area contributed by atoms with Crippen LogP contribution < -0.4 is 10.6 Å². The molecule has 0 saturated carbocycles. The van der Waals surface area contributed by atoms with Crippen molar-refractivity contribution < 1.29 is 14.7 Å². The molecule has 1 aromatic carbocycles. The lowest BCUT2D eigenvalue weighted by atomic mass is 10.1. The number of carbonyl (C=O) groups is 2. The molecule has 3 N–H and O–H groups in total. The zero-order chi connectivity index (χ0) is 15.8. The maximum Gasteiger partial charge on any atom is 0.251 e. The molecule has 0 aromatic heterocycles. The number of hydrogen-bond acceptors (Lipinski definition) is 3. The topological polar surface area (TPSA) is 78.4 Å². The molecule has 1 aromatic rings. The third-order valence-electron chi connectivity index (χ3n) is 2.80. The molecule has 21 heavy (non-hydrogen) atoms. The van der Waals surface area contributed by atoms with Crippen LogP contribution in [0.5, 0.6) is 0 Å². The van der Waals surface area contributed by atoms with Gasteiger partial charge in [0.15, 0.2) is 0 Å². The van der Waals surface area contributed by atoms with Crippen molar-refractivity contribution in [3.63, 3.8) is 0 Å². The Morgan fingerprint density at radius 1 is 1.33 bits per heavy atom. The molecule has 0 aliphatic heterocycles. The van der Waals surface area contributed by atoms with Crippen molar-refractivity contribution in [3.05, 3.63) is 34.9 Å². The van der Waals surface area contributed by atoms with E-state index >= 15 is 0 Å². The van der Waals surface area contributed by atoms with E-state index in [1.165, 1.54) is 7.05 Å². The average Bonchev–Trinajstić information content (AvgIpc) is 2.46. The first kappa shape index (κ1) is 16.7. The molecule has 1 rings (SSSR count). The Kier molecular flexibility index (Phi) is 6.44. The van der Waals surface area contributed by atoms with E-state index in [1.807, 2.05) is 13.0 Å². The summed E-state index contributed by atoms with van der Waals surface area (Å²) >= 11 is 0. The van der Waals surface area contributed by atoms with Gasteiger partial charge in [0.2, 0.25) is 5.91 Å². The van der Waals surface area contributed by atoms with E-state index in [4.69, 9.17) is 5.11 Å². The summed E-state index contributed by atoms with van der Waals surface area (Å²) in [5.41, 5.74) is 2.07. The number of carbonyl (C=O) groups excluding carboxylic acids is 2. The van der Waals surface area contributed by atoms with Gasteiger partial charge < -0.3 is 15.7 Å². The van der Waals surface area contributed by atoms with Gasteiger partial charge >= 0.3 is 0 Å². The molecule has 112 valence electrons. The third kappa shape index (κ3) is 5.28. The number of likely N-dealkylation sites (N-methyl/N-ethyl adjacent to an activating group) is 1. The third-order valence-corrected chi connectivity index (χ3v) is 2.80. The Bertz CT molecular complexity index is 585. The molecule has 2 amide bonds. The van der Waals surface area contributed by atoms with Crippen LogP contribution in [0.3, 0.4) is 0 Å². The van der Waals surface area contributed by atoms with Gasteiger partial charge in [-0.25, -0.2) is 0 Å². The predicted molar refractivity (Wildman–Crippen MR) is 80.8 cm³/mol. The van der Waals surface area contributed by atoms with Gasteiger partial charge in [0, 0.05) is 24.6 Å². The van der Waals surface area contributed by atoms with Gasteiger partial charge in [-0.3, -0.25) is 9.59 Å². The van der Waals surface area contributed by atoms with Crippen LogP contribution in [0.4, 0.5) is 0 Å². The molecule has 0 fully saturated rings. The number of nitrogens with one attached hydrogen (secondary N) is 2. The van der Waals surface area contributed by atoms with Crippen molar-refractivity contribution in [2.45, 2.75) is 26.3 Å². The van der Waals surface area contributed by atoms with E-state index in [1.54, 1.807) is 19.1 Å². The molecule has 5 nitrogen and oxygen atoms in total. The normalized spacial score (nSPS) is 11.0. The van der Waals surface area contributed by atoms with Crippen LogP contribution in [-0.2, 0) is 4.79 Å². The van der Waals surface area contributed by atoms with Crippen LogP contribution in [0.1, 0.15) is 34.8 Å². The highest BCUT2D eigenvalue weighted by molar-refractivity contribution is 5.97. The molecule has 1 unspecified atom stereocenters. The first-order valence-corrected chi connectivity index (χ1v) is 6.71. The summed E-state index contributed by atoms with van der Waals surface area (Å²) in [7, 11) is 1.52. The maximum absolute atomic E-state index is 12.1. The lowest BCUT2D eigenvalue weighted by molar-refractivity contribution is -0.122. The van der Waals surface area contributed by atoms with E-state index in [0.717, 1.165) is 5.56 Å². The van der Waals surface area contributed by atoms with Gasteiger partial charge in [0.25, 0.3) is 5.91 Å². The number of benzene rings is 1. The molecule has 0 spiro atoms. The molecule has 0 aliphatic carbocycles. The molecule has 0 radical (unpaired) electrons. The van der Waals surface area contributed by atoms with Gasteiger partial charge in [-0.2, -0.15) is 0 Å². The van der Waals surface area contributed by atoms with Gasteiger partial charge in [0.05, 0.1) is 6.61 Å². The number of aliphatic hydroxyl groups excluding tert-OH is 1. The zero-order valence-electron chi connectivity index (χ0n) is 12.5. The highest BCUT2D eigenvalue weighted by atomic mass is 16.2. The van der Waals surface area contributed by atoms with Crippen molar-refractivity contribution >= 4 is 11.8 Å². The zero-order valence-corrected chi connectivity index (χ0v) is 12.5. The Hall–Kier alpha value is -2.32. The number of hydrogen-bond donors (Lipinski definition) is 3. The second kappa shape index (κ2) is 8.08. The van der Waals surface area contributed by atoms with Crippen molar-refractivity contribution in [2.24, 2.45) is 0 Å². The van der Waals surface area contributed by atoms with E-state index < -0.39 is 6.04 Å². The van der Waals surface area contributed by atoms with Crippen LogP contribution >= 0.6 is 0 Å². The van der Waals surface area contributed by atoms with E-state index in [9.17, 15) is 9.59 Å². The molecular formula is C16H20N2O3. The quantitative estimate of drug-likeness (QED) is 0.710. The first-order chi connectivity index (χ1) is 9.97. The van der Waals surface area contributed by atoms with Crippen LogP contribution in [0.15, 0.2) is 18.2 Å². The van der Waals surface area contributed by atoms with Gasteiger partial charge in [-0.05, 0) is 37.6 Å². The standard InChI is InChI=1S/C16H20N2O3/c1-11-8-13(6-4-5-7-19)10-14(9-11)16(21)18-12(2)15(20)17-3/h8-10,12,19H,5,7H2,1-3H3,(H,17,20)(H,18,21). The Morgan fingerprint density at radius 3 is 2.67 bits per heavy atom. The number of amides is 2. The summed E-state index contributed by atoms with van der Waals surface area (Å²) in [5.74, 6) is 5.15. The van der Waals surface area contributed by atoms with E-state index in [2.05, 4.69) is 22.5 Å². The highest BCUT2D eigenvalue weighted by Gasteiger charge is 2.15. The second-order valence-electron chi connectivity index (χ2n) is 4.67. The average molecular weight is 288 g/mol. The second-order valence-corrected chi connectivity index (χ2v) is 4.67. The van der Waals surface area contributed by atoms with Crippen LogP contribution in [0.25, 0.3) is 0 Å². The SMILES string of the molecule is CNC(=O)C(C)NC(=O)c1cc(C)cc(C#CCCO)c1. The Morgan fingerprint density at radius 2 is 2.05 bits per heavy atom. The molecular weight excluding hydrogens is 268 g/mol. The van der Waals surface area contributed by atoms with Crippen molar-refractivity contribution in [1.29, 1.82) is 0 Å². The van der Waals surface area contributed by atoms with Crippen molar-refractivity contribution in [1.82, 2.24) is 10.6 Å². The first-order valence-electron chi connectivity index (χ1n) is 6.71. The summed E-state index contributed by atoms with van der Waals surface area (Å²) < 4.78 is 0. The lowest BCUT2D eigenvalue weighted by Gasteiger charge is -2.12. The maximum atomic E-state index is 12.1. The summed E-state index contributed by atoms with van der Waals surface area (Å²) in [6.45, 7) is 3.50. The minimum absolute atomic E-state index is 0.00973. The molecule has 1 atom stereocenters. The fourth-order valence-corrected chi connectivity index (χ4v) is 1.77. The van der Waals surface area contributed by atoms with Gasteiger partial charge in [-0.15, -0.1) is 0 Å². The monoisotopic (exact) mass is 288 g/mol. The van der Waals surface area contributed by atoms with E-state index in [-0.39, 0.29) is 18.4 Å². The fourth-order valence-electron chi connectivity index (χ4n) is 1.77. The number of aliphatic hydroxyl groups is 1. The Labute approximate surface area is 124 Å². The number of rotatable bonds is 4. The summed E-state index contributed by atoms with van der Waals surface area (Å²) in [5, 5.41) is 13.8. The summed E-state index contributed by atoms with van der Waals surface area (Å²) in [6.07, 6.45) is 0.392. The van der Waals surface area contributed by atoms with Crippen molar-refractivity contribution in [2.75, 3.05) is 13.7 Å². The summed E-state index contributed by atoms with van der Waals surface area (Å²) in [6, 6.07) is 4.67. The minimum Gasteiger partial charge on any atom is -0.395 e. The van der Waals surface area contributed by atoms with Crippen LogP contribution in [-0.4, -0.2) is 36.6 Å². The van der Waals surface area contributed by atoms with Crippen molar-refractivity contribution in [3.8, 4) is 11.8 Å². The molecule has 0 saturated heterocycles. The molecule has 0 heterocycles. The van der Waals surface area contributed by atoms with Crippen LogP contribution in [0.2, 0.25) is 0 Å². The number of aryl methyl sites for hydroxylation is 1. The Balaban J connectivity index is 2.90. The largest absolute Gasteiger partial charge is 0.395 e. The molecule has 5 heteroatoms. The lowest BCUT2D eigenvalue weighted by Crippen LogP contribution is -2.43. The minimum atomic E-state index is -0.605. The van der Waals surface area contributed by atoms with Gasteiger partial charge in [0.1, 0.15) is 6.04 Å². The smallest absolute Gasteiger partial charge is 0.251 e. The highest BCUT2D eigenvalue weighted by Crippen LogP contribution is 2.09. The molecule has 0 aliphatic rings. The predicted octanol–water partition coefficient (Wildman–Crippen LogP) is 0.593. The van der Waals surface area contributed by atoms with E-state index in [0.29, 0.717) is 17.5 Å². The summed E-state index contributed by atoms with van der Waals surface area (Å²) in [4.78, 5) is 23.5.